The molecule has 1 aliphatic rings. The molecule has 4 nitrogen and oxygen atoms in total. The molecule has 1 fully saturated rings. The predicted octanol–water partition coefficient (Wildman–Crippen LogP) is 1.26. The Morgan fingerprint density at radius 1 is 1.63 bits per heavy atom. The highest BCUT2D eigenvalue weighted by molar-refractivity contribution is 5.94. The first kappa shape index (κ1) is 13.6. The highest BCUT2D eigenvalue weighted by atomic mass is 16.2. The van der Waals surface area contributed by atoms with Gasteiger partial charge in [0.25, 0.3) is 5.91 Å². The lowest BCUT2D eigenvalue weighted by Gasteiger charge is -2.30. The van der Waals surface area contributed by atoms with Crippen LogP contribution in [0.25, 0.3) is 0 Å². The minimum Gasteiger partial charge on any atom is -0.337 e. The van der Waals surface area contributed by atoms with E-state index in [1.54, 1.807) is 12.3 Å². The second kappa shape index (κ2) is 6.35. The molecule has 100 valence electrons. The summed E-state index contributed by atoms with van der Waals surface area (Å²) in [7, 11) is 0. The largest absolute Gasteiger partial charge is 0.337 e. The van der Waals surface area contributed by atoms with E-state index in [0.717, 1.165) is 19.5 Å². The van der Waals surface area contributed by atoms with Crippen molar-refractivity contribution in [3.63, 3.8) is 0 Å². The number of carbonyl (C=O) groups excluding carboxylic acids is 1. The number of aromatic nitrogens is 1. The fourth-order valence-corrected chi connectivity index (χ4v) is 2.35. The molecule has 2 rings (SSSR count). The number of amides is 1. The second-order valence-corrected chi connectivity index (χ2v) is 4.90. The molecule has 4 heteroatoms. The van der Waals surface area contributed by atoms with E-state index in [2.05, 4.69) is 23.7 Å². The summed E-state index contributed by atoms with van der Waals surface area (Å²) in [4.78, 5) is 18.6. The summed E-state index contributed by atoms with van der Waals surface area (Å²) in [5, 5.41) is 0. The fraction of sp³-hybridized carbons (Fsp3) is 0.467. The number of piperidine rings is 1. The maximum Gasteiger partial charge on any atom is 0.273 e. The first-order valence-electron chi connectivity index (χ1n) is 6.65. The van der Waals surface area contributed by atoms with Crippen molar-refractivity contribution in [1.82, 2.24) is 9.88 Å². The highest BCUT2D eigenvalue weighted by Crippen LogP contribution is 2.18. The average Bonchev–Trinajstić information content (AvgIpc) is 2.44. The van der Waals surface area contributed by atoms with Crippen LogP contribution < -0.4 is 5.73 Å². The van der Waals surface area contributed by atoms with Crippen molar-refractivity contribution >= 4 is 5.91 Å². The number of carbonyl (C=O) groups is 1. The predicted molar refractivity (Wildman–Crippen MR) is 74.5 cm³/mol. The third kappa shape index (κ3) is 3.33. The fourth-order valence-electron chi connectivity index (χ4n) is 2.35. The van der Waals surface area contributed by atoms with Gasteiger partial charge in [-0.2, -0.15) is 0 Å². The van der Waals surface area contributed by atoms with Crippen molar-refractivity contribution in [2.24, 2.45) is 11.7 Å². The topological polar surface area (TPSA) is 59.2 Å². The van der Waals surface area contributed by atoms with E-state index in [1.165, 1.54) is 6.42 Å². The van der Waals surface area contributed by atoms with Crippen LogP contribution in [0.5, 0.6) is 0 Å². The number of pyridine rings is 1. The zero-order valence-corrected chi connectivity index (χ0v) is 11.2. The maximum atomic E-state index is 12.5. The van der Waals surface area contributed by atoms with Crippen LogP contribution in [-0.4, -0.2) is 35.4 Å². The van der Waals surface area contributed by atoms with Gasteiger partial charge in [-0.05, 0) is 30.9 Å². The van der Waals surface area contributed by atoms with Gasteiger partial charge in [0, 0.05) is 19.3 Å². The molecule has 1 aromatic heterocycles. The summed E-state index contributed by atoms with van der Waals surface area (Å²) in [5.74, 6) is 6.23. The summed E-state index contributed by atoms with van der Waals surface area (Å²) in [6, 6.07) is 3.60. The molecule has 1 unspecified atom stereocenters. The summed E-state index contributed by atoms with van der Waals surface area (Å²) in [6.45, 7) is 4.07. The Balaban J connectivity index is 2.23. The van der Waals surface area contributed by atoms with Gasteiger partial charge in [-0.3, -0.25) is 4.79 Å². The van der Waals surface area contributed by atoms with E-state index in [0.29, 0.717) is 17.2 Å². The van der Waals surface area contributed by atoms with Gasteiger partial charge in [-0.15, -0.1) is 0 Å². The first-order chi connectivity index (χ1) is 9.22. The van der Waals surface area contributed by atoms with E-state index in [9.17, 15) is 4.79 Å². The SMILES string of the molecule is CC1CCCN(C(=O)c2ncccc2C#CCN)C1. The number of hydrogen-bond donors (Lipinski definition) is 1. The first-order valence-corrected chi connectivity index (χ1v) is 6.65. The summed E-state index contributed by atoms with van der Waals surface area (Å²) < 4.78 is 0. The number of rotatable bonds is 1. The van der Waals surface area contributed by atoms with Crippen LogP contribution in [0.2, 0.25) is 0 Å². The van der Waals surface area contributed by atoms with Crippen LogP contribution >= 0.6 is 0 Å². The molecule has 1 aromatic rings. The normalized spacial score (nSPS) is 18.6. The monoisotopic (exact) mass is 257 g/mol. The van der Waals surface area contributed by atoms with Gasteiger partial charge in [0.2, 0.25) is 0 Å². The number of likely N-dealkylation sites (tertiary alicyclic amines) is 1. The molecule has 1 atom stereocenters. The Bertz CT molecular complexity index is 516. The van der Waals surface area contributed by atoms with Crippen molar-refractivity contribution in [2.45, 2.75) is 19.8 Å². The van der Waals surface area contributed by atoms with Crippen LogP contribution in [0, 0.1) is 17.8 Å². The lowest BCUT2D eigenvalue weighted by atomic mass is 9.99. The van der Waals surface area contributed by atoms with Crippen LogP contribution in [-0.2, 0) is 0 Å². The number of nitrogens with two attached hydrogens (primary N) is 1. The molecule has 2 N–H and O–H groups in total. The van der Waals surface area contributed by atoms with Crippen LogP contribution in [0.15, 0.2) is 18.3 Å². The minimum atomic E-state index is -0.0199. The quantitative estimate of drug-likeness (QED) is 0.771. The van der Waals surface area contributed by atoms with Gasteiger partial charge in [-0.1, -0.05) is 18.8 Å². The lowest BCUT2D eigenvalue weighted by Crippen LogP contribution is -2.39. The zero-order chi connectivity index (χ0) is 13.7. The summed E-state index contributed by atoms with van der Waals surface area (Å²) in [6.07, 6.45) is 3.88. The van der Waals surface area contributed by atoms with Crippen LogP contribution in [0.4, 0.5) is 0 Å². The number of hydrogen-bond acceptors (Lipinski definition) is 3. The van der Waals surface area contributed by atoms with Crippen molar-refractivity contribution in [3.8, 4) is 11.8 Å². The molecule has 1 saturated heterocycles. The van der Waals surface area contributed by atoms with E-state index >= 15 is 0 Å². The Labute approximate surface area is 114 Å². The van der Waals surface area contributed by atoms with E-state index in [-0.39, 0.29) is 12.5 Å². The molecule has 2 heterocycles. The van der Waals surface area contributed by atoms with Gasteiger partial charge < -0.3 is 10.6 Å². The smallest absolute Gasteiger partial charge is 0.273 e. The van der Waals surface area contributed by atoms with Gasteiger partial charge in [-0.25, -0.2) is 4.98 Å². The van der Waals surface area contributed by atoms with Crippen molar-refractivity contribution < 1.29 is 4.79 Å². The van der Waals surface area contributed by atoms with Gasteiger partial charge in [0.15, 0.2) is 0 Å². The molecule has 0 radical (unpaired) electrons. The number of nitrogens with zero attached hydrogens (tertiary/aromatic N) is 2. The zero-order valence-electron chi connectivity index (χ0n) is 11.2. The van der Waals surface area contributed by atoms with E-state index in [4.69, 9.17) is 5.73 Å². The average molecular weight is 257 g/mol. The standard InChI is InChI=1S/C15H19N3O/c1-12-5-4-10-18(11-12)15(19)14-13(6-2-8-16)7-3-9-17-14/h3,7,9,12H,4-5,8,10-11,16H2,1H3. The Morgan fingerprint density at radius 2 is 2.47 bits per heavy atom. The van der Waals surface area contributed by atoms with Gasteiger partial charge in [0.05, 0.1) is 12.1 Å². The molecular weight excluding hydrogens is 238 g/mol. The molecule has 19 heavy (non-hydrogen) atoms. The molecular formula is C15H19N3O. The van der Waals surface area contributed by atoms with Crippen LogP contribution in [0.1, 0.15) is 35.8 Å². The molecule has 0 saturated carbocycles. The molecule has 0 aromatic carbocycles. The molecule has 0 aliphatic carbocycles. The third-order valence-corrected chi connectivity index (χ3v) is 3.28. The van der Waals surface area contributed by atoms with Crippen molar-refractivity contribution in [1.29, 1.82) is 0 Å². The Hall–Kier alpha value is -1.86. The van der Waals surface area contributed by atoms with E-state index < -0.39 is 0 Å². The van der Waals surface area contributed by atoms with Gasteiger partial charge >= 0.3 is 0 Å². The van der Waals surface area contributed by atoms with Crippen LogP contribution in [0.3, 0.4) is 0 Å². The third-order valence-electron chi connectivity index (χ3n) is 3.28. The molecule has 0 bridgehead atoms. The maximum absolute atomic E-state index is 12.5. The van der Waals surface area contributed by atoms with E-state index in [1.807, 2.05) is 11.0 Å². The highest BCUT2D eigenvalue weighted by Gasteiger charge is 2.24. The molecule has 1 amide bonds. The minimum absolute atomic E-state index is 0.0199. The van der Waals surface area contributed by atoms with Gasteiger partial charge in [0.1, 0.15) is 5.69 Å². The second-order valence-electron chi connectivity index (χ2n) is 4.90. The summed E-state index contributed by atoms with van der Waals surface area (Å²) in [5.41, 5.74) is 6.48. The lowest BCUT2D eigenvalue weighted by molar-refractivity contribution is 0.0677. The molecule has 1 aliphatic heterocycles. The Morgan fingerprint density at radius 3 is 3.21 bits per heavy atom. The molecule has 0 spiro atoms. The summed E-state index contributed by atoms with van der Waals surface area (Å²) >= 11 is 0. The van der Waals surface area contributed by atoms with Crippen molar-refractivity contribution in [3.05, 3.63) is 29.6 Å². The Kier molecular flexibility index (Phi) is 4.53. The van der Waals surface area contributed by atoms with Crippen molar-refractivity contribution in [2.75, 3.05) is 19.6 Å².